The van der Waals surface area contributed by atoms with E-state index in [4.69, 9.17) is 14.9 Å². The number of ether oxygens (including phenoxy) is 1. The summed E-state index contributed by atoms with van der Waals surface area (Å²) in [5.74, 6) is 3.55. The molecule has 0 unspecified atom stereocenters. The fourth-order valence-corrected chi connectivity index (χ4v) is 1.84. The predicted molar refractivity (Wildman–Crippen MR) is 77.3 cm³/mol. The molecule has 0 spiro atoms. The molecule has 6 nitrogen and oxygen atoms in total. The highest BCUT2D eigenvalue weighted by Gasteiger charge is 2.09. The van der Waals surface area contributed by atoms with Crippen molar-refractivity contribution in [1.82, 2.24) is 9.97 Å². The Hall–Kier alpha value is -2.08. The van der Waals surface area contributed by atoms with Crippen molar-refractivity contribution in [1.29, 1.82) is 0 Å². The second kappa shape index (κ2) is 6.38. The van der Waals surface area contributed by atoms with Gasteiger partial charge >= 0.3 is 0 Å². The Balaban J connectivity index is 2.12. The first-order valence-corrected chi connectivity index (χ1v) is 6.56. The lowest BCUT2D eigenvalue weighted by Gasteiger charge is -2.17. The molecule has 0 aliphatic carbocycles. The van der Waals surface area contributed by atoms with Crippen molar-refractivity contribution in [2.45, 2.75) is 27.0 Å². The van der Waals surface area contributed by atoms with E-state index >= 15 is 0 Å². The lowest BCUT2D eigenvalue weighted by molar-refractivity contribution is 0.128. The normalized spacial score (nSPS) is 10.8. The second-order valence-electron chi connectivity index (χ2n) is 4.57. The minimum absolute atomic E-state index is 0.363. The lowest BCUT2D eigenvalue weighted by atomic mass is 10.4. The van der Waals surface area contributed by atoms with Gasteiger partial charge in [-0.1, -0.05) is 0 Å². The largest absolute Gasteiger partial charge is 0.464 e. The molecule has 2 rings (SSSR count). The minimum atomic E-state index is 0.363. The van der Waals surface area contributed by atoms with Gasteiger partial charge in [0, 0.05) is 19.7 Å². The Kier molecular flexibility index (Phi) is 4.57. The van der Waals surface area contributed by atoms with Crippen LogP contribution in [0.3, 0.4) is 0 Å². The van der Waals surface area contributed by atoms with Crippen LogP contribution < -0.4 is 10.6 Å². The Morgan fingerprint density at radius 1 is 1.35 bits per heavy atom. The first-order chi connectivity index (χ1) is 9.58. The highest BCUT2D eigenvalue weighted by atomic mass is 16.5. The summed E-state index contributed by atoms with van der Waals surface area (Å²) in [6.45, 7) is 5.46. The van der Waals surface area contributed by atoms with Crippen LogP contribution in [0, 0.1) is 6.92 Å². The average Bonchev–Trinajstić information content (AvgIpc) is 2.81. The molecule has 0 fully saturated rings. The van der Waals surface area contributed by atoms with E-state index in [1.165, 1.54) is 0 Å². The van der Waals surface area contributed by atoms with E-state index in [0.29, 0.717) is 31.4 Å². The maximum atomic E-state index is 5.81. The Morgan fingerprint density at radius 3 is 2.80 bits per heavy atom. The third kappa shape index (κ3) is 3.71. The fourth-order valence-electron chi connectivity index (χ4n) is 1.84. The molecule has 6 heteroatoms. The molecule has 0 amide bonds. The molecule has 0 radical (unpaired) electrons. The molecule has 0 atom stereocenters. The molecule has 0 bridgehead atoms. The second-order valence-corrected chi connectivity index (χ2v) is 4.57. The molecular formula is C14H20N4O2. The standard InChI is InChI=1S/C14H20N4O2/c1-4-19-9-13-16-12(15)7-14(17-13)18(3)8-11-6-5-10(2)20-11/h5-7H,4,8-9H2,1-3H3,(H2,15,16,17). The molecule has 2 aromatic rings. The summed E-state index contributed by atoms with van der Waals surface area (Å²) in [6, 6.07) is 5.64. The summed E-state index contributed by atoms with van der Waals surface area (Å²) in [5.41, 5.74) is 5.81. The number of nitrogens with two attached hydrogens (primary N) is 1. The van der Waals surface area contributed by atoms with Gasteiger partial charge in [-0.25, -0.2) is 9.97 Å². The lowest BCUT2D eigenvalue weighted by Crippen LogP contribution is -2.19. The van der Waals surface area contributed by atoms with E-state index in [2.05, 4.69) is 9.97 Å². The molecule has 0 saturated carbocycles. The van der Waals surface area contributed by atoms with Crippen molar-refractivity contribution in [2.24, 2.45) is 0 Å². The van der Waals surface area contributed by atoms with E-state index < -0.39 is 0 Å². The van der Waals surface area contributed by atoms with Crippen molar-refractivity contribution in [3.63, 3.8) is 0 Å². The van der Waals surface area contributed by atoms with Crippen LogP contribution in [-0.2, 0) is 17.9 Å². The Bertz CT molecular complexity index is 568. The molecular weight excluding hydrogens is 256 g/mol. The van der Waals surface area contributed by atoms with Crippen molar-refractivity contribution < 1.29 is 9.15 Å². The molecule has 0 aromatic carbocycles. The van der Waals surface area contributed by atoms with Crippen LogP contribution in [0.15, 0.2) is 22.6 Å². The van der Waals surface area contributed by atoms with Crippen molar-refractivity contribution in [3.05, 3.63) is 35.5 Å². The predicted octanol–water partition coefficient (Wildman–Crippen LogP) is 2.13. The van der Waals surface area contributed by atoms with Crippen LogP contribution in [0.2, 0.25) is 0 Å². The zero-order valence-corrected chi connectivity index (χ0v) is 12.1. The number of rotatable bonds is 6. The topological polar surface area (TPSA) is 77.4 Å². The summed E-state index contributed by atoms with van der Waals surface area (Å²) < 4.78 is 10.9. The number of aryl methyl sites for hydroxylation is 1. The highest BCUT2D eigenvalue weighted by molar-refractivity contribution is 5.46. The van der Waals surface area contributed by atoms with Crippen molar-refractivity contribution in [2.75, 3.05) is 24.3 Å². The average molecular weight is 276 g/mol. The molecule has 0 aliphatic rings. The molecule has 108 valence electrons. The van der Waals surface area contributed by atoms with Crippen LogP contribution in [0.4, 0.5) is 11.6 Å². The number of anilines is 2. The van der Waals surface area contributed by atoms with Gasteiger partial charge in [0.05, 0.1) is 6.54 Å². The van der Waals surface area contributed by atoms with Crippen LogP contribution >= 0.6 is 0 Å². The number of hydrogen-bond acceptors (Lipinski definition) is 6. The monoisotopic (exact) mass is 276 g/mol. The first kappa shape index (κ1) is 14.3. The first-order valence-electron chi connectivity index (χ1n) is 6.56. The quantitative estimate of drug-likeness (QED) is 0.871. The summed E-state index contributed by atoms with van der Waals surface area (Å²) in [5, 5.41) is 0. The van der Waals surface area contributed by atoms with Gasteiger partial charge in [0.15, 0.2) is 5.82 Å². The zero-order valence-electron chi connectivity index (χ0n) is 12.1. The number of nitrogens with zero attached hydrogens (tertiary/aromatic N) is 3. The summed E-state index contributed by atoms with van der Waals surface area (Å²) in [6.07, 6.45) is 0. The number of furan rings is 1. The van der Waals surface area contributed by atoms with Gasteiger partial charge < -0.3 is 19.8 Å². The number of nitrogen functional groups attached to an aromatic ring is 1. The van der Waals surface area contributed by atoms with Crippen LogP contribution in [-0.4, -0.2) is 23.6 Å². The van der Waals surface area contributed by atoms with Crippen molar-refractivity contribution >= 4 is 11.6 Å². The van der Waals surface area contributed by atoms with Crippen LogP contribution in [0.25, 0.3) is 0 Å². The molecule has 0 aliphatic heterocycles. The van der Waals surface area contributed by atoms with E-state index in [9.17, 15) is 0 Å². The highest BCUT2D eigenvalue weighted by Crippen LogP contribution is 2.17. The summed E-state index contributed by atoms with van der Waals surface area (Å²) >= 11 is 0. The molecule has 2 aromatic heterocycles. The van der Waals surface area contributed by atoms with Crippen LogP contribution in [0.5, 0.6) is 0 Å². The number of hydrogen-bond donors (Lipinski definition) is 1. The van der Waals surface area contributed by atoms with E-state index in [0.717, 1.165) is 17.3 Å². The van der Waals surface area contributed by atoms with Gasteiger partial charge in [-0.2, -0.15) is 0 Å². The van der Waals surface area contributed by atoms with E-state index in [-0.39, 0.29) is 0 Å². The SMILES string of the molecule is CCOCc1nc(N)cc(N(C)Cc2ccc(C)o2)n1. The Morgan fingerprint density at radius 2 is 2.15 bits per heavy atom. The number of aromatic nitrogens is 2. The van der Waals surface area contributed by atoms with Gasteiger partial charge in [-0.05, 0) is 26.0 Å². The zero-order chi connectivity index (χ0) is 14.5. The van der Waals surface area contributed by atoms with Crippen molar-refractivity contribution in [3.8, 4) is 0 Å². The molecule has 2 N–H and O–H groups in total. The fraction of sp³-hybridized carbons (Fsp3) is 0.429. The summed E-state index contributed by atoms with van der Waals surface area (Å²) in [7, 11) is 1.93. The Labute approximate surface area is 118 Å². The minimum Gasteiger partial charge on any atom is -0.464 e. The molecule has 2 heterocycles. The summed E-state index contributed by atoms with van der Waals surface area (Å²) in [4.78, 5) is 10.6. The van der Waals surface area contributed by atoms with Gasteiger partial charge in [-0.3, -0.25) is 0 Å². The molecule has 0 saturated heterocycles. The third-order valence-corrected chi connectivity index (χ3v) is 2.79. The van der Waals surface area contributed by atoms with Gasteiger partial charge in [0.2, 0.25) is 0 Å². The third-order valence-electron chi connectivity index (χ3n) is 2.79. The van der Waals surface area contributed by atoms with Gasteiger partial charge in [-0.15, -0.1) is 0 Å². The van der Waals surface area contributed by atoms with E-state index in [1.807, 2.05) is 37.9 Å². The van der Waals surface area contributed by atoms with E-state index in [1.54, 1.807) is 6.07 Å². The maximum Gasteiger partial charge on any atom is 0.158 e. The van der Waals surface area contributed by atoms with Crippen LogP contribution in [0.1, 0.15) is 24.3 Å². The van der Waals surface area contributed by atoms with Gasteiger partial charge in [0.25, 0.3) is 0 Å². The molecule has 20 heavy (non-hydrogen) atoms. The van der Waals surface area contributed by atoms with Gasteiger partial charge in [0.1, 0.15) is 29.8 Å². The smallest absolute Gasteiger partial charge is 0.158 e. The maximum absolute atomic E-state index is 5.81.